The number of ether oxygens (including phenoxy) is 1. The van der Waals surface area contributed by atoms with E-state index in [0.717, 1.165) is 17.8 Å². The molecular weight excluding hydrogens is 204 g/mol. The molecule has 16 heavy (non-hydrogen) atoms. The summed E-state index contributed by atoms with van der Waals surface area (Å²) in [4.78, 5) is 12.0. The number of hydrogen-bond donors (Lipinski definition) is 0. The first-order valence-electron chi connectivity index (χ1n) is 5.71. The molecule has 4 heteroatoms. The molecule has 0 radical (unpaired) electrons. The minimum atomic E-state index is -0.213. The zero-order valence-electron chi connectivity index (χ0n) is 10.1. The van der Waals surface area contributed by atoms with Crippen molar-refractivity contribution >= 4 is 5.78 Å². The van der Waals surface area contributed by atoms with Crippen LogP contribution < -0.4 is 0 Å². The predicted octanol–water partition coefficient (Wildman–Crippen LogP) is 1.27. The highest BCUT2D eigenvalue weighted by Crippen LogP contribution is 2.22. The molecule has 88 valence electrons. The van der Waals surface area contributed by atoms with Crippen molar-refractivity contribution in [3.8, 4) is 0 Å². The first-order chi connectivity index (χ1) is 7.58. The van der Waals surface area contributed by atoms with Gasteiger partial charge >= 0.3 is 0 Å². The summed E-state index contributed by atoms with van der Waals surface area (Å²) >= 11 is 0. The number of aromatic nitrogens is 2. The number of aryl methyl sites for hydroxylation is 2. The molecule has 2 atom stereocenters. The Morgan fingerprint density at radius 1 is 1.69 bits per heavy atom. The molecule has 1 aromatic heterocycles. The van der Waals surface area contributed by atoms with Crippen LogP contribution in [0.1, 0.15) is 24.7 Å². The Kier molecular flexibility index (Phi) is 3.10. The summed E-state index contributed by atoms with van der Waals surface area (Å²) in [6.07, 6.45) is 1.20. The lowest BCUT2D eigenvalue weighted by Gasteiger charge is -2.12. The summed E-state index contributed by atoms with van der Waals surface area (Å²) in [6, 6.07) is 1.96. The van der Waals surface area contributed by atoms with Crippen molar-refractivity contribution in [2.24, 2.45) is 13.0 Å². The average molecular weight is 222 g/mol. The summed E-state index contributed by atoms with van der Waals surface area (Å²) in [5.74, 6) is 0.523. The predicted molar refractivity (Wildman–Crippen MR) is 60.2 cm³/mol. The van der Waals surface area contributed by atoms with Crippen molar-refractivity contribution in [3.05, 3.63) is 17.5 Å². The molecule has 2 rings (SSSR count). The molecule has 0 aliphatic carbocycles. The number of hydrogen-bond acceptors (Lipinski definition) is 3. The molecule has 1 saturated heterocycles. The van der Waals surface area contributed by atoms with Gasteiger partial charge in [-0.05, 0) is 25.3 Å². The molecule has 0 N–H and O–H groups in total. The molecule has 1 aromatic rings. The normalized spacial score (nSPS) is 24.9. The Hall–Kier alpha value is -1.16. The minimum Gasteiger partial charge on any atom is -0.370 e. The smallest absolute Gasteiger partial charge is 0.167 e. The van der Waals surface area contributed by atoms with Crippen LogP contribution in [0.15, 0.2) is 6.07 Å². The molecule has 2 heterocycles. The van der Waals surface area contributed by atoms with E-state index >= 15 is 0 Å². The summed E-state index contributed by atoms with van der Waals surface area (Å²) in [6.45, 7) is 4.72. The molecule has 1 fully saturated rings. The van der Waals surface area contributed by atoms with Gasteiger partial charge in [0.1, 0.15) is 6.10 Å². The van der Waals surface area contributed by atoms with Gasteiger partial charge < -0.3 is 4.74 Å². The van der Waals surface area contributed by atoms with Gasteiger partial charge in [-0.3, -0.25) is 9.48 Å². The molecule has 1 aliphatic heterocycles. The molecule has 0 aromatic carbocycles. The van der Waals surface area contributed by atoms with Crippen LogP contribution in [0.25, 0.3) is 0 Å². The van der Waals surface area contributed by atoms with Crippen LogP contribution in [-0.4, -0.2) is 28.3 Å². The monoisotopic (exact) mass is 222 g/mol. The van der Waals surface area contributed by atoms with Crippen molar-refractivity contribution in [2.45, 2.75) is 32.8 Å². The molecule has 0 saturated carbocycles. The maximum absolute atomic E-state index is 12.0. The third kappa shape index (κ3) is 2.16. The van der Waals surface area contributed by atoms with Gasteiger partial charge in [-0.15, -0.1) is 0 Å². The summed E-state index contributed by atoms with van der Waals surface area (Å²) in [5, 5.41) is 4.23. The second kappa shape index (κ2) is 4.37. The van der Waals surface area contributed by atoms with E-state index in [1.165, 1.54) is 0 Å². The molecule has 0 spiro atoms. The highest BCUT2D eigenvalue weighted by atomic mass is 16.5. The second-order valence-electron chi connectivity index (χ2n) is 4.60. The van der Waals surface area contributed by atoms with Crippen LogP contribution in [-0.2, 0) is 23.0 Å². The van der Waals surface area contributed by atoms with Crippen molar-refractivity contribution in [1.29, 1.82) is 0 Å². The highest BCUT2D eigenvalue weighted by molar-refractivity contribution is 5.85. The largest absolute Gasteiger partial charge is 0.370 e. The first kappa shape index (κ1) is 11.3. The van der Waals surface area contributed by atoms with E-state index < -0.39 is 0 Å². The Balaban J connectivity index is 2.04. The van der Waals surface area contributed by atoms with Crippen LogP contribution in [0.4, 0.5) is 0 Å². The number of nitrogens with zero attached hydrogens (tertiary/aromatic N) is 2. The van der Waals surface area contributed by atoms with Crippen LogP contribution in [0.2, 0.25) is 0 Å². The first-order valence-corrected chi connectivity index (χ1v) is 5.71. The maximum Gasteiger partial charge on any atom is 0.167 e. The van der Waals surface area contributed by atoms with E-state index in [0.29, 0.717) is 18.9 Å². The fourth-order valence-corrected chi connectivity index (χ4v) is 2.22. The lowest BCUT2D eigenvalue weighted by Crippen LogP contribution is -2.27. The quantitative estimate of drug-likeness (QED) is 0.773. The number of carbonyl (C=O) groups is 1. The molecule has 1 aliphatic rings. The Morgan fingerprint density at radius 2 is 2.44 bits per heavy atom. The van der Waals surface area contributed by atoms with Crippen molar-refractivity contribution in [2.75, 3.05) is 6.61 Å². The molecular formula is C12H18N2O2. The number of carbonyl (C=O) groups excluding carboxylic acids is 1. The maximum atomic E-state index is 12.0. The van der Waals surface area contributed by atoms with Crippen molar-refractivity contribution in [3.63, 3.8) is 0 Å². The van der Waals surface area contributed by atoms with Crippen LogP contribution in [0, 0.1) is 12.8 Å². The second-order valence-corrected chi connectivity index (χ2v) is 4.60. The van der Waals surface area contributed by atoms with Gasteiger partial charge in [0.05, 0.1) is 12.1 Å². The van der Waals surface area contributed by atoms with Crippen LogP contribution in [0.5, 0.6) is 0 Å². The van der Waals surface area contributed by atoms with Gasteiger partial charge in [0.25, 0.3) is 0 Å². The fraction of sp³-hybridized carbons (Fsp3) is 0.667. The average Bonchev–Trinajstić information content (AvgIpc) is 2.74. The van der Waals surface area contributed by atoms with E-state index in [-0.39, 0.29) is 11.9 Å². The summed E-state index contributed by atoms with van der Waals surface area (Å²) < 4.78 is 7.24. The Labute approximate surface area is 95.6 Å². The lowest BCUT2D eigenvalue weighted by atomic mass is 9.98. The van der Waals surface area contributed by atoms with Gasteiger partial charge in [-0.2, -0.15) is 5.10 Å². The third-order valence-electron chi connectivity index (χ3n) is 3.16. The summed E-state index contributed by atoms with van der Waals surface area (Å²) in [7, 11) is 1.87. The highest BCUT2D eigenvalue weighted by Gasteiger charge is 2.30. The van der Waals surface area contributed by atoms with Crippen LogP contribution >= 0.6 is 0 Å². The standard InChI is InChI=1S/C12H18N2O2/c1-8-4-5-16-12(8)11(15)7-10-6-9(2)13-14(10)3/h6,8,12H,4-5,7H2,1-3H3. The van der Waals surface area contributed by atoms with E-state index in [1.807, 2.05) is 20.0 Å². The number of rotatable bonds is 3. The van der Waals surface area contributed by atoms with E-state index in [2.05, 4.69) is 12.0 Å². The fourth-order valence-electron chi connectivity index (χ4n) is 2.22. The molecule has 2 unspecified atom stereocenters. The van der Waals surface area contributed by atoms with E-state index in [9.17, 15) is 4.79 Å². The van der Waals surface area contributed by atoms with Gasteiger partial charge in [-0.1, -0.05) is 6.92 Å². The Bertz CT molecular complexity index is 398. The van der Waals surface area contributed by atoms with Gasteiger partial charge in [0, 0.05) is 19.3 Å². The third-order valence-corrected chi connectivity index (χ3v) is 3.16. The van der Waals surface area contributed by atoms with Gasteiger partial charge in [-0.25, -0.2) is 0 Å². The zero-order chi connectivity index (χ0) is 11.7. The topological polar surface area (TPSA) is 44.1 Å². The van der Waals surface area contributed by atoms with Crippen molar-refractivity contribution < 1.29 is 9.53 Å². The zero-order valence-corrected chi connectivity index (χ0v) is 10.1. The Morgan fingerprint density at radius 3 is 2.94 bits per heavy atom. The van der Waals surface area contributed by atoms with Gasteiger partial charge in [0.15, 0.2) is 5.78 Å². The summed E-state index contributed by atoms with van der Waals surface area (Å²) in [5.41, 5.74) is 1.91. The van der Waals surface area contributed by atoms with E-state index in [1.54, 1.807) is 4.68 Å². The van der Waals surface area contributed by atoms with E-state index in [4.69, 9.17) is 4.74 Å². The number of Topliss-reactive ketones (excluding diaryl/α,β-unsaturated/α-hetero) is 1. The van der Waals surface area contributed by atoms with Crippen LogP contribution in [0.3, 0.4) is 0 Å². The number of ketones is 1. The van der Waals surface area contributed by atoms with Crippen molar-refractivity contribution in [1.82, 2.24) is 9.78 Å². The molecule has 0 bridgehead atoms. The van der Waals surface area contributed by atoms with Gasteiger partial charge in [0.2, 0.25) is 0 Å². The molecule has 0 amide bonds. The SMILES string of the molecule is Cc1cc(CC(=O)C2OCCC2C)n(C)n1. The molecule has 4 nitrogen and oxygen atoms in total. The minimum absolute atomic E-state index is 0.174. The lowest BCUT2D eigenvalue weighted by molar-refractivity contribution is -0.128.